The lowest BCUT2D eigenvalue weighted by Gasteiger charge is -2.06. The first-order valence-corrected chi connectivity index (χ1v) is 5.46. The largest absolute Gasteiger partial charge is 0.382 e. The highest BCUT2D eigenvalue weighted by Crippen LogP contribution is 2.18. The molecule has 0 unspecified atom stereocenters. The fourth-order valence-corrected chi connectivity index (χ4v) is 1.55. The van der Waals surface area contributed by atoms with Crippen LogP contribution >= 0.6 is 11.6 Å². The molecule has 1 aromatic carbocycles. The van der Waals surface area contributed by atoms with Crippen molar-refractivity contribution in [1.82, 2.24) is 9.78 Å². The van der Waals surface area contributed by atoms with Crippen LogP contribution in [-0.4, -0.2) is 15.7 Å². The number of hydrogen-bond donors (Lipinski definition) is 2. The summed E-state index contributed by atoms with van der Waals surface area (Å²) in [7, 11) is 0. The molecule has 1 amide bonds. The highest BCUT2D eigenvalue weighted by molar-refractivity contribution is 6.30. The fraction of sp³-hybridized carbons (Fsp3) is 0.0909. The zero-order chi connectivity index (χ0) is 13.1. The maximum absolute atomic E-state index is 13.4. The number of amides is 1. The van der Waals surface area contributed by atoms with Crippen LogP contribution in [0.4, 0.5) is 15.9 Å². The molecule has 1 aromatic heterocycles. The molecule has 3 N–H and O–H groups in total. The van der Waals surface area contributed by atoms with E-state index in [0.29, 0.717) is 5.82 Å². The van der Waals surface area contributed by atoms with Crippen molar-refractivity contribution >= 4 is 29.0 Å². The Hall–Kier alpha value is -2.08. The average molecular weight is 269 g/mol. The van der Waals surface area contributed by atoms with E-state index in [1.807, 2.05) is 0 Å². The Morgan fingerprint density at radius 3 is 2.89 bits per heavy atom. The number of halogens is 2. The summed E-state index contributed by atoms with van der Waals surface area (Å²) in [5.74, 6) is -0.671. The third-order valence-electron chi connectivity index (χ3n) is 2.17. The summed E-state index contributed by atoms with van der Waals surface area (Å²) in [4.78, 5) is 11.6. The van der Waals surface area contributed by atoms with E-state index in [1.54, 1.807) is 12.3 Å². The summed E-state index contributed by atoms with van der Waals surface area (Å²) in [6.07, 6.45) is 1.56. The molecule has 0 saturated carbocycles. The van der Waals surface area contributed by atoms with E-state index in [-0.39, 0.29) is 17.3 Å². The molecule has 18 heavy (non-hydrogen) atoms. The fourth-order valence-electron chi connectivity index (χ4n) is 1.39. The number of benzene rings is 1. The number of rotatable bonds is 3. The molecule has 0 spiro atoms. The zero-order valence-electron chi connectivity index (χ0n) is 9.23. The van der Waals surface area contributed by atoms with Gasteiger partial charge in [-0.05, 0) is 24.3 Å². The lowest BCUT2D eigenvalue weighted by atomic mass is 10.3. The molecule has 0 saturated heterocycles. The Bertz CT molecular complexity index is 584. The van der Waals surface area contributed by atoms with Gasteiger partial charge in [-0.25, -0.2) is 4.39 Å². The van der Waals surface area contributed by atoms with Crippen LogP contribution in [0.3, 0.4) is 0 Å². The van der Waals surface area contributed by atoms with Gasteiger partial charge in [0.05, 0.1) is 5.69 Å². The second-order valence-electron chi connectivity index (χ2n) is 3.61. The normalized spacial score (nSPS) is 10.3. The number of aromatic nitrogens is 2. The Labute approximate surface area is 107 Å². The summed E-state index contributed by atoms with van der Waals surface area (Å²) < 4.78 is 14.8. The van der Waals surface area contributed by atoms with Crippen LogP contribution in [0.25, 0.3) is 0 Å². The van der Waals surface area contributed by atoms with E-state index in [1.165, 1.54) is 16.8 Å². The number of hydrogen-bond acceptors (Lipinski definition) is 3. The second kappa shape index (κ2) is 5.05. The minimum atomic E-state index is -0.587. The number of carbonyl (C=O) groups is 1. The van der Waals surface area contributed by atoms with E-state index >= 15 is 0 Å². The van der Waals surface area contributed by atoms with Crippen LogP contribution in [0.15, 0.2) is 30.5 Å². The van der Waals surface area contributed by atoms with E-state index in [0.717, 1.165) is 6.07 Å². The molecule has 0 aliphatic carbocycles. The summed E-state index contributed by atoms with van der Waals surface area (Å²) >= 11 is 5.61. The first-order valence-electron chi connectivity index (χ1n) is 5.08. The summed E-state index contributed by atoms with van der Waals surface area (Å²) in [6.45, 7) is -0.0424. The van der Waals surface area contributed by atoms with Crippen LogP contribution in [0.2, 0.25) is 5.02 Å². The topological polar surface area (TPSA) is 72.9 Å². The summed E-state index contributed by atoms with van der Waals surface area (Å²) in [5.41, 5.74) is 5.48. The van der Waals surface area contributed by atoms with Crippen molar-refractivity contribution < 1.29 is 9.18 Å². The van der Waals surface area contributed by atoms with Gasteiger partial charge in [0.1, 0.15) is 18.2 Å². The van der Waals surface area contributed by atoms with E-state index in [4.69, 9.17) is 17.3 Å². The van der Waals surface area contributed by atoms with Crippen molar-refractivity contribution in [3.8, 4) is 0 Å². The van der Waals surface area contributed by atoms with Gasteiger partial charge in [-0.3, -0.25) is 9.48 Å². The zero-order valence-corrected chi connectivity index (χ0v) is 9.99. The first kappa shape index (κ1) is 12.4. The molecule has 0 aliphatic rings. The molecule has 94 valence electrons. The van der Waals surface area contributed by atoms with Gasteiger partial charge in [-0.15, -0.1) is 0 Å². The Morgan fingerprint density at radius 2 is 2.28 bits per heavy atom. The van der Waals surface area contributed by atoms with E-state index < -0.39 is 11.7 Å². The maximum atomic E-state index is 13.4. The van der Waals surface area contributed by atoms with Crippen molar-refractivity contribution in [3.63, 3.8) is 0 Å². The Morgan fingerprint density at radius 1 is 1.50 bits per heavy atom. The van der Waals surface area contributed by atoms with Gasteiger partial charge in [-0.2, -0.15) is 5.10 Å². The van der Waals surface area contributed by atoms with Gasteiger partial charge in [0.2, 0.25) is 5.91 Å². The average Bonchev–Trinajstić information content (AvgIpc) is 2.68. The maximum Gasteiger partial charge on any atom is 0.246 e. The standard InChI is InChI=1S/C11H10ClFN4O/c12-7-1-2-9(8(13)5-7)15-11(18)6-17-4-3-10(14)16-17/h1-5H,6H2,(H2,14,16)(H,15,18). The first-order chi connectivity index (χ1) is 8.54. The molecular weight excluding hydrogens is 259 g/mol. The van der Waals surface area contributed by atoms with Gasteiger partial charge in [0.15, 0.2) is 0 Å². The molecular formula is C11H10ClFN4O. The number of nitrogens with zero attached hydrogens (tertiary/aromatic N) is 2. The van der Waals surface area contributed by atoms with E-state index in [2.05, 4.69) is 10.4 Å². The molecule has 5 nitrogen and oxygen atoms in total. The van der Waals surface area contributed by atoms with Crippen molar-refractivity contribution in [3.05, 3.63) is 41.3 Å². The predicted octanol–water partition coefficient (Wildman–Crippen LogP) is 1.90. The number of carbonyl (C=O) groups excluding carboxylic acids is 1. The van der Waals surface area contributed by atoms with Gasteiger partial charge >= 0.3 is 0 Å². The van der Waals surface area contributed by atoms with Crippen LogP contribution < -0.4 is 11.1 Å². The number of nitrogens with one attached hydrogen (secondary N) is 1. The number of nitrogen functional groups attached to an aromatic ring is 1. The third-order valence-corrected chi connectivity index (χ3v) is 2.41. The van der Waals surface area contributed by atoms with Crippen molar-refractivity contribution in [1.29, 1.82) is 0 Å². The third kappa shape index (κ3) is 2.98. The number of nitrogens with two attached hydrogens (primary N) is 1. The molecule has 0 bridgehead atoms. The minimum absolute atomic E-state index is 0.0424. The smallest absolute Gasteiger partial charge is 0.246 e. The van der Waals surface area contributed by atoms with Gasteiger partial charge in [0, 0.05) is 11.2 Å². The van der Waals surface area contributed by atoms with Crippen LogP contribution in [0.1, 0.15) is 0 Å². The predicted molar refractivity (Wildman–Crippen MR) is 66.7 cm³/mol. The molecule has 2 rings (SSSR count). The van der Waals surface area contributed by atoms with Gasteiger partial charge in [0.25, 0.3) is 0 Å². The van der Waals surface area contributed by atoms with Crippen LogP contribution in [0, 0.1) is 5.82 Å². The molecule has 7 heteroatoms. The van der Waals surface area contributed by atoms with Crippen molar-refractivity contribution in [2.24, 2.45) is 0 Å². The summed E-state index contributed by atoms with van der Waals surface area (Å²) in [6, 6.07) is 5.58. The van der Waals surface area contributed by atoms with Gasteiger partial charge in [-0.1, -0.05) is 11.6 Å². The van der Waals surface area contributed by atoms with Crippen LogP contribution in [0.5, 0.6) is 0 Å². The molecule has 1 heterocycles. The molecule has 0 fully saturated rings. The molecule has 0 aliphatic heterocycles. The monoisotopic (exact) mass is 268 g/mol. The Kier molecular flexibility index (Phi) is 3.47. The van der Waals surface area contributed by atoms with Crippen LogP contribution in [-0.2, 0) is 11.3 Å². The van der Waals surface area contributed by atoms with Gasteiger partial charge < -0.3 is 11.1 Å². The highest BCUT2D eigenvalue weighted by Gasteiger charge is 2.08. The lowest BCUT2D eigenvalue weighted by molar-refractivity contribution is -0.116. The van der Waals surface area contributed by atoms with Crippen molar-refractivity contribution in [2.75, 3.05) is 11.1 Å². The highest BCUT2D eigenvalue weighted by atomic mass is 35.5. The quantitative estimate of drug-likeness (QED) is 0.893. The molecule has 2 aromatic rings. The SMILES string of the molecule is Nc1ccn(CC(=O)Nc2ccc(Cl)cc2F)n1. The summed E-state index contributed by atoms with van der Waals surface area (Å²) in [5, 5.41) is 6.54. The second-order valence-corrected chi connectivity index (χ2v) is 4.05. The number of anilines is 2. The minimum Gasteiger partial charge on any atom is -0.382 e. The molecule has 0 atom stereocenters. The van der Waals surface area contributed by atoms with Crippen molar-refractivity contribution in [2.45, 2.75) is 6.54 Å². The molecule has 0 radical (unpaired) electrons. The Balaban J connectivity index is 2.03. The van der Waals surface area contributed by atoms with E-state index in [9.17, 15) is 9.18 Å². The lowest BCUT2D eigenvalue weighted by Crippen LogP contribution is -2.19.